The third-order valence-electron chi connectivity index (χ3n) is 2.73. The van der Waals surface area contributed by atoms with Gasteiger partial charge in [-0.2, -0.15) is 0 Å². The molecule has 2 rings (SSSR count). The Hall–Kier alpha value is -1.83. The number of hydrogen-bond acceptors (Lipinski definition) is 2. The summed E-state index contributed by atoms with van der Waals surface area (Å²) >= 11 is 0. The van der Waals surface area contributed by atoms with Crippen LogP contribution in [0.5, 0.6) is 0 Å². The van der Waals surface area contributed by atoms with E-state index >= 15 is 0 Å². The van der Waals surface area contributed by atoms with E-state index in [-0.39, 0.29) is 0 Å². The van der Waals surface area contributed by atoms with Gasteiger partial charge in [-0.05, 0) is 30.5 Å². The minimum atomic E-state index is 0.943. The standard InChI is InChI=1S/C15H17N2/c1-17(15-9-11-16-12-10-15)13-5-8-14-6-3-2-4-7-14/h2-7,9-12H,8,13H2,1H3. The quantitative estimate of drug-likeness (QED) is 0.777. The van der Waals surface area contributed by atoms with Crippen molar-refractivity contribution in [2.45, 2.75) is 6.42 Å². The van der Waals surface area contributed by atoms with Crippen molar-refractivity contribution in [3.8, 4) is 0 Å². The first-order valence-corrected chi connectivity index (χ1v) is 5.83. The molecular weight excluding hydrogens is 208 g/mol. The van der Waals surface area contributed by atoms with Crippen LogP contribution in [-0.2, 0) is 6.42 Å². The van der Waals surface area contributed by atoms with Crippen molar-refractivity contribution in [3.63, 3.8) is 0 Å². The Bertz CT molecular complexity index is 425. The van der Waals surface area contributed by atoms with Gasteiger partial charge in [0.05, 0.1) is 0 Å². The van der Waals surface area contributed by atoms with Gasteiger partial charge >= 0.3 is 0 Å². The molecule has 0 saturated heterocycles. The van der Waals surface area contributed by atoms with Gasteiger partial charge in [0.1, 0.15) is 0 Å². The Kier molecular flexibility index (Phi) is 4.14. The fourth-order valence-corrected chi connectivity index (χ4v) is 1.74. The summed E-state index contributed by atoms with van der Waals surface area (Å²) in [5, 5.41) is 0. The summed E-state index contributed by atoms with van der Waals surface area (Å²) in [6.07, 6.45) is 6.94. The summed E-state index contributed by atoms with van der Waals surface area (Å²) in [6.45, 7) is 0.943. The van der Waals surface area contributed by atoms with Crippen molar-refractivity contribution in [2.75, 3.05) is 18.5 Å². The largest absolute Gasteiger partial charge is 0.374 e. The Morgan fingerprint density at radius 1 is 1.06 bits per heavy atom. The van der Waals surface area contributed by atoms with E-state index in [9.17, 15) is 0 Å². The van der Waals surface area contributed by atoms with Crippen LogP contribution < -0.4 is 4.90 Å². The maximum absolute atomic E-state index is 4.02. The van der Waals surface area contributed by atoms with E-state index in [2.05, 4.69) is 47.6 Å². The molecule has 0 aliphatic rings. The topological polar surface area (TPSA) is 16.1 Å². The van der Waals surface area contributed by atoms with Crippen LogP contribution in [0.4, 0.5) is 5.69 Å². The van der Waals surface area contributed by atoms with E-state index in [0.717, 1.165) is 13.0 Å². The average molecular weight is 225 g/mol. The van der Waals surface area contributed by atoms with Crippen LogP contribution in [0.15, 0.2) is 54.9 Å². The van der Waals surface area contributed by atoms with E-state index in [1.165, 1.54) is 11.3 Å². The van der Waals surface area contributed by atoms with Crippen LogP contribution in [0.25, 0.3) is 0 Å². The molecule has 1 heterocycles. The zero-order valence-electron chi connectivity index (χ0n) is 10.1. The molecule has 87 valence electrons. The molecule has 0 amide bonds. The SMILES string of the molecule is CN(C[CH]Cc1ccccc1)c1ccncc1. The van der Waals surface area contributed by atoms with Crippen LogP contribution in [0.1, 0.15) is 5.56 Å². The number of hydrogen-bond donors (Lipinski definition) is 0. The zero-order chi connectivity index (χ0) is 11.9. The smallest absolute Gasteiger partial charge is 0.0394 e. The molecule has 0 fully saturated rings. The number of aromatic nitrogens is 1. The summed E-state index contributed by atoms with van der Waals surface area (Å²) in [4.78, 5) is 6.23. The minimum Gasteiger partial charge on any atom is -0.374 e. The first-order chi connectivity index (χ1) is 8.36. The second kappa shape index (κ2) is 6.04. The molecule has 0 unspecified atom stereocenters. The number of nitrogens with zero attached hydrogens (tertiary/aromatic N) is 2. The molecule has 1 aromatic heterocycles. The Morgan fingerprint density at radius 2 is 1.76 bits per heavy atom. The first kappa shape index (κ1) is 11.6. The van der Waals surface area contributed by atoms with Crippen molar-refractivity contribution in [1.82, 2.24) is 4.98 Å². The second-order valence-electron chi connectivity index (χ2n) is 4.06. The number of pyridine rings is 1. The van der Waals surface area contributed by atoms with Crippen molar-refractivity contribution in [1.29, 1.82) is 0 Å². The van der Waals surface area contributed by atoms with Gasteiger partial charge in [0.2, 0.25) is 0 Å². The highest BCUT2D eigenvalue weighted by Gasteiger charge is 2.00. The highest BCUT2D eigenvalue weighted by Crippen LogP contribution is 2.10. The summed E-state index contributed by atoms with van der Waals surface area (Å²) in [7, 11) is 2.09. The summed E-state index contributed by atoms with van der Waals surface area (Å²) < 4.78 is 0. The first-order valence-electron chi connectivity index (χ1n) is 5.83. The molecule has 2 aromatic rings. The fraction of sp³-hybridized carbons (Fsp3) is 0.200. The molecule has 0 aliphatic heterocycles. The molecule has 17 heavy (non-hydrogen) atoms. The average Bonchev–Trinajstić information content (AvgIpc) is 2.41. The van der Waals surface area contributed by atoms with Crippen molar-refractivity contribution in [2.24, 2.45) is 0 Å². The van der Waals surface area contributed by atoms with Gasteiger partial charge < -0.3 is 4.90 Å². The number of anilines is 1. The van der Waals surface area contributed by atoms with Gasteiger partial charge in [-0.25, -0.2) is 0 Å². The van der Waals surface area contributed by atoms with Crippen molar-refractivity contribution in [3.05, 3.63) is 66.8 Å². The lowest BCUT2D eigenvalue weighted by atomic mass is 10.1. The normalized spacial score (nSPS) is 10.2. The van der Waals surface area contributed by atoms with Crippen LogP contribution in [0.3, 0.4) is 0 Å². The molecule has 0 atom stereocenters. The third kappa shape index (κ3) is 3.59. The second-order valence-corrected chi connectivity index (χ2v) is 4.06. The van der Waals surface area contributed by atoms with Gasteiger partial charge in [-0.15, -0.1) is 0 Å². The monoisotopic (exact) mass is 225 g/mol. The van der Waals surface area contributed by atoms with Gasteiger partial charge in [-0.1, -0.05) is 30.3 Å². The molecule has 0 N–H and O–H groups in total. The molecular formula is C15H17N2. The zero-order valence-corrected chi connectivity index (χ0v) is 10.1. The number of benzene rings is 1. The molecule has 0 saturated carbocycles. The van der Waals surface area contributed by atoms with Crippen LogP contribution >= 0.6 is 0 Å². The highest BCUT2D eigenvalue weighted by atomic mass is 15.1. The van der Waals surface area contributed by atoms with Crippen LogP contribution in [-0.4, -0.2) is 18.6 Å². The lowest BCUT2D eigenvalue weighted by molar-refractivity contribution is 0.934. The van der Waals surface area contributed by atoms with Gasteiger partial charge in [0.15, 0.2) is 0 Å². The Balaban J connectivity index is 1.79. The third-order valence-corrected chi connectivity index (χ3v) is 2.73. The van der Waals surface area contributed by atoms with Crippen LogP contribution in [0, 0.1) is 6.42 Å². The van der Waals surface area contributed by atoms with E-state index in [1.807, 2.05) is 30.6 Å². The maximum atomic E-state index is 4.02. The van der Waals surface area contributed by atoms with Gasteiger partial charge in [0.25, 0.3) is 0 Å². The predicted molar refractivity (Wildman–Crippen MR) is 72.0 cm³/mol. The lowest BCUT2D eigenvalue weighted by Gasteiger charge is -2.18. The Morgan fingerprint density at radius 3 is 2.47 bits per heavy atom. The van der Waals surface area contributed by atoms with E-state index in [0.29, 0.717) is 0 Å². The number of rotatable bonds is 5. The molecule has 2 nitrogen and oxygen atoms in total. The van der Waals surface area contributed by atoms with Crippen LogP contribution in [0.2, 0.25) is 0 Å². The van der Waals surface area contributed by atoms with E-state index in [4.69, 9.17) is 0 Å². The predicted octanol–water partition coefficient (Wildman–Crippen LogP) is 2.96. The molecule has 0 bridgehead atoms. The fourth-order valence-electron chi connectivity index (χ4n) is 1.74. The Labute approximate surface area is 103 Å². The molecule has 1 radical (unpaired) electrons. The maximum Gasteiger partial charge on any atom is 0.0394 e. The highest BCUT2D eigenvalue weighted by molar-refractivity contribution is 5.43. The van der Waals surface area contributed by atoms with E-state index in [1.54, 1.807) is 0 Å². The van der Waals surface area contributed by atoms with Crippen molar-refractivity contribution >= 4 is 5.69 Å². The van der Waals surface area contributed by atoms with Gasteiger partial charge in [-0.3, -0.25) is 4.98 Å². The molecule has 2 heteroatoms. The summed E-state index contributed by atoms with van der Waals surface area (Å²) in [5.74, 6) is 0. The molecule has 1 aromatic carbocycles. The van der Waals surface area contributed by atoms with Gasteiger partial charge in [0, 0.05) is 31.7 Å². The summed E-state index contributed by atoms with van der Waals surface area (Å²) in [5.41, 5.74) is 2.56. The molecule has 0 aliphatic carbocycles. The minimum absolute atomic E-state index is 0.943. The summed E-state index contributed by atoms with van der Waals surface area (Å²) in [6, 6.07) is 14.6. The molecule has 0 spiro atoms. The lowest BCUT2D eigenvalue weighted by Crippen LogP contribution is -2.19. The van der Waals surface area contributed by atoms with E-state index < -0.39 is 0 Å². The van der Waals surface area contributed by atoms with Crippen molar-refractivity contribution < 1.29 is 0 Å².